The van der Waals surface area contributed by atoms with Crippen LogP contribution < -0.4 is 5.32 Å². The molecule has 8 heteroatoms. The van der Waals surface area contributed by atoms with Crippen molar-refractivity contribution < 1.29 is 18.4 Å². The highest BCUT2D eigenvalue weighted by Gasteiger charge is 2.22. The fourth-order valence-corrected chi connectivity index (χ4v) is 2.63. The lowest BCUT2D eigenvalue weighted by molar-refractivity contribution is -0.387. The Morgan fingerprint density at radius 2 is 2.00 bits per heavy atom. The second kappa shape index (κ2) is 6.86. The molecule has 0 amide bonds. The van der Waals surface area contributed by atoms with Crippen LogP contribution in [0.4, 0.5) is 11.4 Å². The Bertz CT molecular complexity index is 613. The molecule has 0 saturated carbocycles. The SMILES string of the molecule is CC(C)C(O)CCNc1ccc([N+](=O)[O-])c(S(C)(=O)=O)c1. The highest BCUT2D eigenvalue weighted by atomic mass is 32.2. The maximum absolute atomic E-state index is 11.6. The predicted molar refractivity (Wildman–Crippen MR) is 80.2 cm³/mol. The first-order valence-electron chi connectivity index (χ1n) is 6.53. The molecule has 0 aliphatic heterocycles. The van der Waals surface area contributed by atoms with Gasteiger partial charge in [-0.2, -0.15) is 0 Å². The third-order valence-electron chi connectivity index (χ3n) is 3.09. The summed E-state index contributed by atoms with van der Waals surface area (Å²) in [6.07, 6.45) is 0.981. The van der Waals surface area contributed by atoms with Crippen LogP contribution in [0, 0.1) is 16.0 Å². The van der Waals surface area contributed by atoms with E-state index in [1.807, 2.05) is 13.8 Å². The quantitative estimate of drug-likeness (QED) is 0.586. The van der Waals surface area contributed by atoms with Gasteiger partial charge in [-0.25, -0.2) is 8.42 Å². The minimum Gasteiger partial charge on any atom is -0.393 e. The van der Waals surface area contributed by atoms with Gasteiger partial charge in [-0.1, -0.05) is 13.8 Å². The Balaban J connectivity index is 2.89. The number of rotatable bonds is 7. The normalized spacial score (nSPS) is 13.2. The van der Waals surface area contributed by atoms with E-state index in [1.54, 1.807) is 0 Å². The largest absolute Gasteiger partial charge is 0.393 e. The molecular formula is C13H20N2O5S. The van der Waals surface area contributed by atoms with Crippen molar-refractivity contribution in [3.8, 4) is 0 Å². The lowest BCUT2D eigenvalue weighted by atomic mass is 10.0. The summed E-state index contributed by atoms with van der Waals surface area (Å²) in [6.45, 7) is 4.25. The van der Waals surface area contributed by atoms with Crippen LogP contribution in [0.2, 0.25) is 0 Å². The van der Waals surface area contributed by atoms with Crippen LogP contribution >= 0.6 is 0 Å². The molecule has 1 aromatic carbocycles. The zero-order chi connectivity index (χ0) is 16.2. The maximum Gasteiger partial charge on any atom is 0.288 e. The number of sulfone groups is 1. The number of nitro benzene ring substituents is 1. The number of hydrogen-bond acceptors (Lipinski definition) is 6. The third kappa shape index (κ3) is 4.98. The molecule has 1 atom stereocenters. The first-order valence-corrected chi connectivity index (χ1v) is 8.42. The lowest BCUT2D eigenvalue weighted by Crippen LogP contribution is -2.19. The van der Waals surface area contributed by atoms with Crippen LogP contribution in [0.15, 0.2) is 23.1 Å². The van der Waals surface area contributed by atoms with E-state index in [-0.39, 0.29) is 10.8 Å². The molecule has 0 heterocycles. The van der Waals surface area contributed by atoms with Gasteiger partial charge in [-0.3, -0.25) is 10.1 Å². The molecule has 0 fully saturated rings. The molecule has 0 aromatic heterocycles. The fourth-order valence-electron chi connectivity index (χ4n) is 1.77. The summed E-state index contributed by atoms with van der Waals surface area (Å²) in [4.78, 5) is 9.81. The predicted octanol–water partition coefficient (Wildman–Crippen LogP) is 1.82. The van der Waals surface area contributed by atoms with Gasteiger partial charge in [0.15, 0.2) is 9.84 Å². The lowest BCUT2D eigenvalue weighted by Gasteiger charge is -2.15. The average Bonchev–Trinajstić information content (AvgIpc) is 2.37. The number of nitrogens with one attached hydrogen (secondary N) is 1. The van der Waals surface area contributed by atoms with E-state index >= 15 is 0 Å². The summed E-state index contributed by atoms with van der Waals surface area (Å²) in [5.74, 6) is 0.134. The molecule has 0 saturated heterocycles. The topological polar surface area (TPSA) is 110 Å². The van der Waals surface area contributed by atoms with Crippen LogP contribution in [0.5, 0.6) is 0 Å². The molecule has 0 aliphatic carbocycles. The molecule has 7 nitrogen and oxygen atoms in total. The molecule has 1 unspecified atom stereocenters. The highest BCUT2D eigenvalue weighted by Crippen LogP contribution is 2.27. The van der Waals surface area contributed by atoms with Gasteiger partial charge in [0.05, 0.1) is 11.0 Å². The van der Waals surface area contributed by atoms with Gasteiger partial charge in [0, 0.05) is 24.6 Å². The zero-order valence-electron chi connectivity index (χ0n) is 12.2. The van der Waals surface area contributed by atoms with E-state index in [0.29, 0.717) is 18.7 Å². The minimum atomic E-state index is -3.69. The van der Waals surface area contributed by atoms with Gasteiger partial charge >= 0.3 is 0 Å². The van der Waals surface area contributed by atoms with E-state index in [4.69, 9.17) is 0 Å². The van der Waals surface area contributed by atoms with Gasteiger partial charge in [0.2, 0.25) is 0 Å². The molecular weight excluding hydrogens is 296 g/mol. The number of aliphatic hydroxyl groups is 1. The van der Waals surface area contributed by atoms with Crippen LogP contribution in [0.1, 0.15) is 20.3 Å². The van der Waals surface area contributed by atoms with Crippen molar-refractivity contribution in [2.75, 3.05) is 18.1 Å². The summed E-state index contributed by atoms with van der Waals surface area (Å²) < 4.78 is 23.2. The molecule has 1 rings (SSSR count). The number of aliphatic hydroxyl groups excluding tert-OH is 1. The van der Waals surface area contributed by atoms with Gasteiger partial charge in [0.1, 0.15) is 4.90 Å². The smallest absolute Gasteiger partial charge is 0.288 e. The number of benzene rings is 1. The molecule has 2 N–H and O–H groups in total. The summed E-state index contributed by atoms with van der Waals surface area (Å²) in [6, 6.07) is 3.86. The number of hydrogen-bond donors (Lipinski definition) is 2. The Morgan fingerprint density at radius 1 is 1.38 bits per heavy atom. The summed E-state index contributed by atoms with van der Waals surface area (Å²) >= 11 is 0. The second-order valence-corrected chi connectivity index (χ2v) is 7.22. The first-order chi connectivity index (χ1) is 9.62. The van der Waals surface area contributed by atoms with E-state index in [0.717, 1.165) is 12.3 Å². The molecule has 1 aromatic rings. The maximum atomic E-state index is 11.6. The van der Waals surface area contributed by atoms with Gasteiger partial charge in [-0.15, -0.1) is 0 Å². The second-order valence-electron chi connectivity index (χ2n) is 5.24. The average molecular weight is 316 g/mol. The Hall–Kier alpha value is -1.67. The van der Waals surface area contributed by atoms with Crippen molar-refractivity contribution in [2.24, 2.45) is 5.92 Å². The Kier molecular flexibility index (Phi) is 5.68. The molecule has 0 spiro atoms. The minimum absolute atomic E-state index is 0.134. The highest BCUT2D eigenvalue weighted by molar-refractivity contribution is 7.90. The third-order valence-corrected chi connectivity index (χ3v) is 4.22. The van der Waals surface area contributed by atoms with Crippen LogP contribution in [-0.2, 0) is 9.84 Å². The number of anilines is 1. The van der Waals surface area contributed by atoms with E-state index in [1.165, 1.54) is 12.1 Å². The fraction of sp³-hybridized carbons (Fsp3) is 0.538. The molecule has 0 aliphatic rings. The van der Waals surface area contributed by atoms with Crippen molar-refractivity contribution in [2.45, 2.75) is 31.3 Å². The van der Waals surface area contributed by atoms with Crippen molar-refractivity contribution in [3.63, 3.8) is 0 Å². The van der Waals surface area contributed by atoms with Crippen LogP contribution in [0.3, 0.4) is 0 Å². The van der Waals surface area contributed by atoms with E-state index < -0.39 is 26.6 Å². The van der Waals surface area contributed by atoms with Crippen molar-refractivity contribution in [1.82, 2.24) is 0 Å². The van der Waals surface area contributed by atoms with Gasteiger partial charge in [-0.05, 0) is 24.5 Å². The number of nitro groups is 1. The van der Waals surface area contributed by atoms with Crippen molar-refractivity contribution >= 4 is 21.2 Å². The van der Waals surface area contributed by atoms with Crippen molar-refractivity contribution in [1.29, 1.82) is 0 Å². The van der Waals surface area contributed by atoms with Crippen LogP contribution in [0.25, 0.3) is 0 Å². The Labute approximate surface area is 124 Å². The summed E-state index contributed by atoms with van der Waals surface area (Å²) in [5.41, 5.74) is 0.0299. The zero-order valence-corrected chi connectivity index (χ0v) is 13.1. The first kappa shape index (κ1) is 17.4. The molecule has 0 radical (unpaired) electrons. The van der Waals surface area contributed by atoms with Gasteiger partial charge < -0.3 is 10.4 Å². The molecule has 0 bridgehead atoms. The molecule has 21 heavy (non-hydrogen) atoms. The van der Waals surface area contributed by atoms with Crippen LogP contribution in [-0.4, -0.2) is 37.4 Å². The Morgan fingerprint density at radius 3 is 2.48 bits per heavy atom. The number of nitrogens with zero attached hydrogens (tertiary/aromatic N) is 1. The standard InChI is InChI=1S/C13H20N2O5S/c1-9(2)12(16)6-7-14-10-4-5-11(15(17)18)13(8-10)21(3,19)20/h4-5,8-9,12,14,16H,6-7H2,1-3H3. The summed E-state index contributed by atoms with van der Waals surface area (Å²) in [7, 11) is -3.69. The van der Waals surface area contributed by atoms with E-state index in [9.17, 15) is 23.6 Å². The van der Waals surface area contributed by atoms with Gasteiger partial charge in [0.25, 0.3) is 5.69 Å². The summed E-state index contributed by atoms with van der Waals surface area (Å²) in [5, 5.41) is 23.5. The van der Waals surface area contributed by atoms with Crippen molar-refractivity contribution in [3.05, 3.63) is 28.3 Å². The van der Waals surface area contributed by atoms with E-state index in [2.05, 4.69) is 5.32 Å². The molecule has 118 valence electrons. The monoisotopic (exact) mass is 316 g/mol.